The Labute approximate surface area is 164 Å². The summed E-state index contributed by atoms with van der Waals surface area (Å²) in [5.74, 6) is 0.960. The molecule has 4 nitrogen and oxygen atoms in total. The summed E-state index contributed by atoms with van der Waals surface area (Å²) in [6.45, 7) is 5.00. The van der Waals surface area contributed by atoms with Crippen molar-refractivity contribution in [3.05, 3.63) is 63.6 Å². The smallest absolute Gasteiger partial charge is 0.124 e. The van der Waals surface area contributed by atoms with E-state index in [4.69, 9.17) is 32.7 Å². The van der Waals surface area contributed by atoms with E-state index in [1.54, 1.807) is 6.07 Å². The van der Waals surface area contributed by atoms with E-state index in [9.17, 15) is 0 Å². The van der Waals surface area contributed by atoms with Gasteiger partial charge in [-0.2, -0.15) is 0 Å². The van der Waals surface area contributed by atoms with Gasteiger partial charge in [-0.3, -0.25) is 4.90 Å². The molecule has 1 N–H and O–H groups in total. The normalized spacial score (nSPS) is 23.3. The molecule has 138 valence electrons. The van der Waals surface area contributed by atoms with Gasteiger partial charge in [0.25, 0.3) is 0 Å². The molecule has 0 unspecified atom stereocenters. The van der Waals surface area contributed by atoms with E-state index in [1.807, 2.05) is 24.3 Å². The molecule has 1 fully saturated rings. The number of rotatable bonds is 4. The summed E-state index contributed by atoms with van der Waals surface area (Å²) >= 11 is 12.2. The van der Waals surface area contributed by atoms with Crippen molar-refractivity contribution >= 4 is 23.2 Å². The van der Waals surface area contributed by atoms with E-state index in [1.165, 1.54) is 5.56 Å². The number of nitrogens with zero attached hydrogens (tertiary/aromatic N) is 1. The van der Waals surface area contributed by atoms with Gasteiger partial charge in [-0.15, -0.1) is 0 Å². The van der Waals surface area contributed by atoms with Crippen LogP contribution in [0.25, 0.3) is 0 Å². The third-order valence-corrected chi connectivity index (χ3v) is 5.36. The number of fused-ring (bicyclic) bond motifs is 1. The summed E-state index contributed by atoms with van der Waals surface area (Å²) in [6, 6.07) is 14.0. The van der Waals surface area contributed by atoms with E-state index in [2.05, 4.69) is 22.3 Å². The molecule has 0 spiro atoms. The molecule has 2 aromatic carbocycles. The summed E-state index contributed by atoms with van der Waals surface area (Å²) in [7, 11) is 0. The van der Waals surface area contributed by atoms with Gasteiger partial charge in [-0.25, -0.2) is 0 Å². The van der Waals surface area contributed by atoms with E-state index in [0.29, 0.717) is 23.3 Å². The summed E-state index contributed by atoms with van der Waals surface area (Å²) in [5.41, 5.74) is 2.18. The van der Waals surface area contributed by atoms with Crippen LogP contribution in [0.15, 0.2) is 42.5 Å². The topological polar surface area (TPSA) is 33.7 Å². The van der Waals surface area contributed by atoms with Crippen LogP contribution >= 0.6 is 23.2 Å². The minimum Gasteiger partial charge on any atom is -0.490 e. The van der Waals surface area contributed by atoms with Crippen molar-refractivity contribution < 1.29 is 9.47 Å². The highest BCUT2D eigenvalue weighted by molar-refractivity contribution is 6.34. The number of benzene rings is 2. The van der Waals surface area contributed by atoms with Crippen LogP contribution in [0.2, 0.25) is 10.0 Å². The summed E-state index contributed by atoms with van der Waals surface area (Å²) < 4.78 is 12.3. The Morgan fingerprint density at radius 3 is 2.58 bits per heavy atom. The lowest BCUT2D eigenvalue weighted by molar-refractivity contribution is -0.0617. The lowest BCUT2D eigenvalue weighted by Crippen LogP contribution is -2.51. The lowest BCUT2D eigenvalue weighted by Gasteiger charge is -2.42. The van der Waals surface area contributed by atoms with Gasteiger partial charge in [0, 0.05) is 41.8 Å². The van der Waals surface area contributed by atoms with Gasteiger partial charge in [-0.1, -0.05) is 41.4 Å². The zero-order valence-corrected chi connectivity index (χ0v) is 16.0. The van der Waals surface area contributed by atoms with Gasteiger partial charge in [0.15, 0.2) is 0 Å². The fraction of sp³-hybridized carbons (Fsp3) is 0.400. The van der Waals surface area contributed by atoms with Crippen LogP contribution in [0.1, 0.15) is 17.2 Å². The fourth-order valence-corrected chi connectivity index (χ4v) is 4.32. The molecule has 0 amide bonds. The predicted molar refractivity (Wildman–Crippen MR) is 104 cm³/mol. The zero-order chi connectivity index (χ0) is 17.9. The number of para-hydroxylation sites is 1. The molecular formula is C20H22Cl2N2O2. The molecule has 4 rings (SSSR count). The van der Waals surface area contributed by atoms with Gasteiger partial charge in [0.05, 0.1) is 12.6 Å². The second-order valence-corrected chi connectivity index (χ2v) is 7.58. The third kappa shape index (κ3) is 4.00. The van der Waals surface area contributed by atoms with Crippen molar-refractivity contribution in [3.8, 4) is 5.75 Å². The Bertz CT molecular complexity index is 745. The maximum absolute atomic E-state index is 6.30. The second kappa shape index (κ2) is 8.15. The molecule has 2 aromatic rings. The minimum atomic E-state index is -0.0410. The van der Waals surface area contributed by atoms with Crippen LogP contribution in [-0.2, 0) is 11.3 Å². The third-order valence-electron chi connectivity index (χ3n) is 4.92. The Hall–Kier alpha value is -1.30. The number of halogens is 2. The second-order valence-electron chi connectivity index (χ2n) is 6.71. The minimum absolute atomic E-state index is 0.0410. The Morgan fingerprint density at radius 1 is 1.08 bits per heavy atom. The molecule has 0 bridgehead atoms. The first-order valence-corrected chi connectivity index (χ1v) is 9.69. The molecule has 0 radical (unpaired) electrons. The highest BCUT2D eigenvalue weighted by Gasteiger charge is 2.36. The standard InChI is InChI=1S/C20H22Cl2N2O2/c21-15-9-14(10-16(22)11-15)12-25-19-13-26-18-4-2-1-3-17(18)20(19)24-7-5-23-6-8-24/h1-4,9-11,19-20,23H,5-8,12-13H2/t19-,20-/m1/s1. The maximum Gasteiger partial charge on any atom is 0.124 e. The largest absolute Gasteiger partial charge is 0.490 e. The Kier molecular flexibility index (Phi) is 5.67. The van der Waals surface area contributed by atoms with Crippen LogP contribution in [0.5, 0.6) is 5.75 Å². The Balaban J connectivity index is 1.55. The monoisotopic (exact) mass is 392 g/mol. The highest BCUT2D eigenvalue weighted by atomic mass is 35.5. The molecule has 0 aliphatic carbocycles. The molecule has 1 saturated heterocycles. The first-order valence-electron chi connectivity index (χ1n) is 8.94. The summed E-state index contributed by atoms with van der Waals surface area (Å²) in [4.78, 5) is 2.49. The number of piperazine rings is 1. The molecule has 26 heavy (non-hydrogen) atoms. The van der Waals surface area contributed by atoms with E-state index >= 15 is 0 Å². The number of nitrogens with one attached hydrogen (secondary N) is 1. The predicted octanol–water partition coefficient (Wildman–Crippen LogP) is 3.92. The van der Waals surface area contributed by atoms with Gasteiger partial charge in [-0.05, 0) is 29.8 Å². The van der Waals surface area contributed by atoms with E-state index < -0.39 is 0 Å². The highest BCUT2D eigenvalue weighted by Crippen LogP contribution is 2.37. The van der Waals surface area contributed by atoms with Gasteiger partial charge < -0.3 is 14.8 Å². The molecular weight excluding hydrogens is 371 g/mol. The number of ether oxygens (including phenoxy) is 2. The average molecular weight is 393 g/mol. The lowest BCUT2D eigenvalue weighted by atomic mass is 9.95. The summed E-state index contributed by atoms with van der Waals surface area (Å²) in [6.07, 6.45) is -0.0410. The van der Waals surface area contributed by atoms with Crippen molar-refractivity contribution in [1.82, 2.24) is 10.2 Å². The first-order chi connectivity index (χ1) is 12.7. The molecule has 2 atom stereocenters. The van der Waals surface area contributed by atoms with Crippen molar-refractivity contribution in [3.63, 3.8) is 0 Å². The van der Waals surface area contributed by atoms with Crippen LogP contribution < -0.4 is 10.1 Å². The van der Waals surface area contributed by atoms with Crippen LogP contribution in [-0.4, -0.2) is 43.8 Å². The van der Waals surface area contributed by atoms with E-state index in [0.717, 1.165) is 37.5 Å². The maximum atomic E-state index is 6.30. The quantitative estimate of drug-likeness (QED) is 0.854. The van der Waals surface area contributed by atoms with Crippen molar-refractivity contribution in [2.24, 2.45) is 0 Å². The summed E-state index contributed by atoms with van der Waals surface area (Å²) in [5, 5.41) is 4.67. The van der Waals surface area contributed by atoms with Crippen molar-refractivity contribution in [2.45, 2.75) is 18.8 Å². The molecule has 0 aromatic heterocycles. The average Bonchev–Trinajstić information content (AvgIpc) is 2.66. The molecule has 2 aliphatic heterocycles. The molecule has 0 saturated carbocycles. The van der Waals surface area contributed by atoms with Crippen molar-refractivity contribution in [1.29, 1.82) is 0 Å². The number of hydrogen-bond acceptors (Lipinski definition) is 4. The van der Waals surface area contributed by atoms with Gasteiger partial charge >= 0.3 is 0 Å². The Morgan fingerprint density at radius 2 is 1.81 bits per heavy atom. The van der Waals surface area contributed by atoms with Gasteiger partial charge in [0.2, 0.25) is 0 Å². The first kappa shape index (κ1) is 18.1. The zero-order valence-electron chi connectivity index (χ0n) is 14.5. The van der Waals surface area contributed by atoms with Crippen LogP contribution in [0.4, 0.5) is 0 Å². The van der Waals surface area contributed by atoms with Crippen molar-refractivity contribution in [2.75, 3.05) is 32.8 Å². The van der Waals surface area contributed by atoms with Gasteiger partial charge in [0.1, 0.15) is 18.5 Å². The SMILES string of the molecule is Clc1cc(Cl)cc(CO[C@@H]2COc3ccccc3[C@H]2N2CCNCC2)c1. The molecule has 2 aliphatic rings. The van der Waals surface area contributed by atoms with Crippen LogP contribution in [0, 0.1) is 0 Å². The number of hydrogen-bond donors (Lipinski definition) is 1. The fourth-order valence-electron chi connectivity index (χ4n) is 3.75. The molecule has 6 heteroatoms. The van der Waals surface area contributed by atoms with Crippen LogP contribution in [0.3, 0.4) is 0 Å². The molecule has 2 heterocycles. The van der Waals surface area contributed by atoms with E-state index in [-0.39, 0.29) is 12.1 Å².